The van der Waals surface area contributed by atoms with Gasteiger partial charge in [0, 0.05) is 31.9 Å². The summed E-state index contributed by atoms with van der Waals surface area (Å²) in [6.45, 7) is 4.16. The number of nitrogens with zero attached hydrogens (tertiary/aromatic N) is 2. The van der Waals surface area contributed by atoms with Crippen LogP contribution in [0, 0.1) is 5.92 Å². The SMILES string of the molecule is C[C@H]1COC2=CC(C(=O)NO)CC=C2CN1C(=O)N(C)C1CCOCC1. The van der Waals surface area contributed by atoms with Crippen LogP contribution in [0.15, 0.2) is 23.5 Å². The van der Waals surface area contributed by atoms with Crippen molar-refractivity contribution in [2.45, 2.75) is 38.3 Å². The molecule has 26 heavy (non-hydrogen) atoms. The minimum atomic E-state index is -0.458. The topological polar surface area (TPSA) is 91.3 Å². The van der Waals surface area contributed by atoms with E-state index >= 15 is 0 Å². The molecule has 2 N–H and O–H groups in total. The summed E-state index contributed by atoms with van der Waals surface area (Å²) in [4.78, 5) is 28.4. The predicted octanol–water partition coefficient (Wildman–Crippen LogP) is 1.27. The van der Waals surface area contributed by atoms with Crippen molar-refractivity contribution in [2.75, 3.05) is 33.4 Å². The lowest BCUT2D eigenvalue weighted by atomic mass is 9.94. The molecule has 2 saturated heterocycles. The Morgan fingerprint density at radius 2 is 2.08 bits per heavy atom. The molecule has 3 rings (SSSR count). The third kappa shape index (κ3) is 3.86. The second kappa shape index (κ2) is 8.09. The molecular weight excluding hydrogens is 338 g/mol. The quantitative estimate of drug-likeness (QED) is 0.568. The maximum absolute atomic E-state index is 13.1. The number of allylic oxidation sites excluding steroid dienone is 1. The number of carbonyl (C=O) groups excluding carboxylic acids is 2. The van der Waals surface area contributed by atoms with Crippen LogP contribution in [0.1, 0.15) is 26.2 Å². The van der Waals surface area contributed by atoms with Crippen LogP contribution in [-0.4, -0.2) is 72.4 Å². The number of hydrogen-bond acceptors (Lipinski definition) is 5. The molecule has 2 atom stereocenters. The van der Waals surface area contributed by atoms with Gasteiger partial charge in [0.15, 0.2) is 0 Å². The average Bonchev–Trinajstić information content (AvgIpc) is 2.85. The zero-order valence-electron chi connectivity index (χ0n) is 15.3. The number of amides is 3. The van der Waals surface area contributed by atoms with Gasteiger partial charge in [-0.1, -0.05) is 6.08 Å². The Morgan fingerprint density at radius 3 is 2.77 bits per heavy atom. The van der Waals surface area contributed by atoms with Crippen LogP contribution in [0.2, 0.25) is 0 Å². The molecule has 0 radical (unpaired) electrons. The second-order valence-corrected chi connectivity index (χ2v) is 7.10. The fourth-order valence-electron chi connectivity index (χ4n) is 3.60. The van der Waals surface area contributed by atoms with Gasteiger partial charge >= 0.3 is 6.03 Å². The second-order valence-electron chi connectivity index (χ2n) is 7.10. The van der Waals surface area contributed by atoms with Crippen molar-refractivity contribution >= 4 is 11.9 Å². The van der Waals surface area contributed by atoms with E-state index in [9.17, 15) is 9.59 Å². The average molecular weight is 365 g/mol. The normalized spacial score (nSPS) is 26.7. The van der Waals surface area contributed by atoms with Gasteiger partial charge in [-0.3, -0.25) is 10.0 Å². The lowest BCUT2D eigenvalue weighted by molar-refractivity contribution is -0.131. The van der Waals surface area contributed by atoms with Gasteiger partial charge in [-0.2, -0.15) is 0 Å². The van der Waals surface area contributed by atoms with Crippen molar-refractivity contribution in [1.29, 1.82) is 0 Å². The van der Waals surface area contributed by atoms with Gasteiger partial charge in [0.2, 0.25) is 0 Å². The van der Waals surface area contributed by atoms with Gasteiger partial charge in [0.1, 0.15) is 12.4 Å². The molecule has 1 unspecified atom stereocenters. The van der Waals surface area contributed by atoms with E-state index in [4.69, 9.17) is 14.7 Å². The van der Waals surface area contributed by atoms with E-state index in [1.54, 1.807) is 11.6 Å². The minimum Gasteiger partial charge on any atom is -0.491 e. The highest BCUT2D eigenvalue weighted by Gasteiger charge is 2.34. The Balaban J connectivity index is 1.72. The monoisotopic (exact) mass is 365 g/mol. The van der Waals surface area contributed by atoms with Gasteiger partial charge in [-0.25, -0.2) is 10.3 Å². The molecule has 144 valence electrons. The van der Waals surface area contributed by atoms with Crippen LogP contribution in [-0.2, 0) is 14.3 Å². The van der Waals surface area contributed by atoms with Crippen molar-refractivity contribution in [2.24, 2.45) is 5.92 Å². The van der Waals surface area contributed by atoms with Crippen molar-refractivity contribution in [3.05, 3.63) is 23.5 Å². The van der Waals surface area contributed by atoms with E-state index in [0.717, 1.165) is 18.4 Å². The summed E-state index contributed by atoms with van der Waals surface area (Å²) < 4.78 is 11.2. The van der Waals surface area contributed by atoms with Crippen LogP contribution in [0.4, 0.5) is 4.79 Å². The summed E-state index contributed by atoms with van der Waals surface area (Å²) >= 11 is 0. The standard InChI is InChI=1S/C18H27N3O5/c1-12-11-26-16-9-13(17(22)19-24)3-4-14(16)10-21(12)18(23)20(2)15-5-7-25-8-6-15/h4,9,12-13,15,24H,3,5-8,10-11H2,1-2H3,(H,19,22)/t12-,13?/m0/s1. The summed E-state index contributed by atoms with van der Waals surface area (Å²) in [5, 5.41) is 8.82. The molecule has 0 saturated carbocycles. The van der Waals surface area contributed by atoms with E-state index in [1.807, 2.05) is 29.8 Å². The summed E-state index contributed by atoms with van der Waals surface area (Å²) in [5.74, 6) is -0.289. The molecule has 3 amide bonds. The number of nitrogens with one attached hydrogen (secondary N) is 1. The molecule has 0 aromatic rings. The first-order valence-corrected chi connectivity index (χ1v) is 9.10. The van der Waals surface area contributed by atoms with Crippen LogP contribution in [0.3, 0.4) is 0 Å². The van der Waals surface area contributed by atoms with Crippen molar-refractivity contribution in [3.8, 4) is 0 Å². The van der Waals surface area contributed by atoms with Crippen LogP contribution in [0.25, 0.3) is 0 Å². The minimum absolute atomic E-state index is 0.00891. The van der Waals surface area contributed by atoms with E-state index in [2.05, 4.69) is 0 Å². The first kappa shape index (κ1) is 18.7. The number of hydroxylamine groups is 1. The van der Waals surface area contributed by atoms with Gasteiger partial charge in [-0.05, 0) is 32.3 Å². The van der Waals surface area contributed by atoms with E-state index in [1.165, 1.54) is 0 Å². The molecule has 8 heteroatoms. The maximum Gasteiger partial charge on any atom is 0.320 e. The fraction of sp³-hybridized carbons (Fsp3) is 0.667. The Kier molecular flexibility index (Phi) is 5.83. The first-order valence-electron chi connectivity index (χ1n) is 9.10. The maximum atomic E-state index is 13.1. The fourth-order valence-corrected chi connectivity index (χ4v) is 3.60. The smallest absolute Gasteiger partial charge is 0.320 e. The molecular formula is C18H27N3O5. The number of urea groups is 1. The van der Waals surface area contributed by atoms with Gasteiger partial charge in [0.05, 0.1) is 18.5 Å². The van der Waals surface area contributed by atoms with Crippen molar-refractivity contribution in [1.82, 2.24) is 15.3 Å². The van der Waals surface area contributed by atoms with Crippen molar-refractivity contribution in [3.63, 3.8) is 0 Å². The highest BCUT2D eigenvalue weighted by molar-refractivity contribution is 5.80. The van der Waals surface area contributed by atoms with Gasteiger partial charge < -0.3 is 19.3 Å². The zero-order valence-corrected chi connectivity index (χ0v) is 15.3. The van der Waals surface area contributed by atoms with Crippen LogP contribution in [0.5, 0.6) is 0 Å². The number of ether oxygens (including phenoxy) is 2. The molecule has 0 spiro atoms. The largest absolute Gasteiger partial charge is 0.491 e. The Hall–Kier alpha value is -2.06. The molecule has 2 fully saturated rings. The molecule has 0 bridgehead atoms. The summed E-state index contributed by atoms with van der Waals surface area (Å²) in [7, 11) is 1.85. The van der Waals surface area contributed by atoms with Crippen LogP contribution < -0.4 is 5.48 Å². The number of rotatable bonds is 2. The lowest BCUT2D eigenvalue weighted by Gasteiger charge is -2.36. The molecule has 2 heterocycles. The van der Waals surface area contributed by atoms with E-state index in [0.29, 0.717) is 38.5 Å². The summed E-state index contributed by atoms with van der Waals surface area (Å²) in [6, 6.07) is 0.105. The van der Waals surface area contributed by atoms with Gasteiger partial charge in [-0.15, -0.1) is 0 Å². The summed E-state index contributed by atoms with van der Waals surface area (Å²) in [6.07, 6.45) is 5.83. The Bertz CT molecular complexity index is 612. The van der Waals surface area contributed by atoms with E-state index in [-0.39, 0.29) is 18.1 Å². The Morgan fingerprint density at radius 1 is 1.35 bits per heavy atom. The summed E-state index contributed by atoms with van der Waals surface area (Å²) in [5.41, 5.74) is 2.59. The van der Waals surface area contributed by atoms with E-state index < -0.39 is 11.8 Å². The molecule has 0 aromatic carbocycles. The highest BCUT2D eigenvalue weighted by Crippen LogP contribution is 2.29. The molecule has 3 aliphatic rings. The molecule has 2 aliphatic heterocycles. The molecule has 8 nitrogen and oxygen atoms in total. The van der Waals surface area contributed by atoms with Crippen LogP contribution >= 0.6 is 0 Å². The third-order valence-electron chi connectivity index (χ3n) is 5.37. The molecule has 1 aliphatic carbocycles. The number of fused-ring (bicyclic) bond motifs is 1. The molecule has 0 aromatic heterocycles. The zero-order chi connectivity index (χ0) is 18.7. The third-order valence-corrected chi connectivity index (χ3v) is 5.37. The van der Waals surface area contributed by atoms with Crippen molar-refractivity contribution < 1.29 is 24.3 Å². The van der Waals surface area contributed by atoms with Gasteiger partial charge in [0.25, 0.3) is 5.91 Å². The lowest BCUT2D eigenvalue weighted by Crippen LogP contribution is -2.51. The Labute approximate surface area is 153 Å². The highest BCUT2D eigenvalue weighted by atomic mass is 16.5. The predicted molar refractivity (Wildman–Crippen MR) is 93.3 cm³/mol. The number of carbonyl (C=O) groups is 2. The first-order chi connectivity index (χ1) is 12.5. The number of hydrogen-bond donors (Lipinski definition) is 2.